The highest BCUT2D eigenvalue weighted by Crippen LogP contribution is 2.25. The third kappa shape index (κ3) is 2.37. The molecule has 0 radical (unpaired) electrons. The average molecular weight is 209 g/mol. The first-order chi connectivity index (χ1) is 7.31. The highest BCUT2D eigenvalue weighted by molar-refractivity contribution is 5.93. The van der Waals surface area contributed by atoms with E-state index in [9.17, 15) is 4.79 Å². The van der Waals surface area contributed by atoms with Gasteiger partial charge in [-0.2, -0.15) is 5.10 Å². The summed E-state index contributed by atoms with van der Waals surface area (Å²) >= 11 is 0. The van der Waals surface area contributed by atoms with Crippen molar-refractivity contribution in [1.29, 1.82) is 0 Å². The van der Waals surface area contributed by atoms with Gasteiger partial charge in [0.25, 0.3) is 0 Å². The molecule has 1 heterocycles. The Morgan fingerprint density at radius 1 is 1.27 bits per heavy atom. The Hall–Kier alpha value is -0.900. The van der Waals surface area contributed by atoms with Crippen molar-refractivity contribution in [3.8, 4) is 0 Å². The first-order valence-corrected chi connectivity index (χ1v) is 5.89. The molecule has 1 amide bonds. The number of nitrogens with zero attached hydrogens (tertiary/aromatic N) is 2. The van der Waals surface area contributed by atoms with Gasteiger partial charge in [0.1, 0.15) is 0 Å². The van der Waals surface area contributed by atoms with Gasteiger partial charge in [-0.15, -0.1) is 0 Å². The van der Waals surface area contributed by atoms with Gasteiger partial charge in [-0.3, -0.25) is 4.79 Å². The maximum absolute atomic E-state index is 11.7. The van der Waals surface area contributed by atoms with Gasteiger partial charge in [-0.1, -0.05) is 19.3 Å². The lowest BCUT2D eigenvalue weighted by atomic mass is 9.94. The van der Waals surface area contributed by atoms with Gasteiger partial charge in [0.05, 0.1) is 11.8 Å². The van der Waals surface area contributed by atoms with E-state index in [1.165, 1.54) is 19.3 Å². The topological polar surface area (TPSA) is 58.7 Å². The summed E-state index contributed by atoms with van der Waals surface area (Å²) in [5, 5.41) is 6.09. The van der Waals surface area contributed by atoms with Crippen LogP contribution in [0, 0.1) is 0 Å². The fourth-order valence-corrected chi connectivity index (χ4v) is 2.38. The molecule has 1 fully saturated rings. The smallest absolute Gasteiger partial charge is 0.243 e. The molecule has 4 heteroatoms. The molecule has 0 saturated heterocycles. The van der Waals surface area contributed by atoms with Crippen molar-refractivity contribution in [2.45, 2.75) is 51.0 Å². The van der Waals surface area contributed by atoms with E-state index in [1.54, 1.807) is 5.01 Å². The van der Waals surface area contributed by atoms with Gasteiger partial charge in [0.15, 0.2) is 0 Å². The quantitative estimate of drug-likeness (QED) is 0.744. The Kier molecular flexibility index (Phi) is 3.36. The lowest BCUT2D eigenvalue weighted by Gasteiger charge is -2.33. The number of rotatable bonds is 2. The second kappa shape index (κ2) is 4.75. The molecular formula is C11H19N3O. The summed E-state index contributed by atoms with van der Waals surface area (Å²) in [7, 11) is 0. The zero-order valence-electron chi connectivity index (χ0n) is 9.11. The Bertz CT molecular complexity index is 269. The summed E-state index contributed by atoms with van der Waals surface area (Å²) < 4.78 is 0. The molecule has 0 aromatic carbocycles. The minimum absolute atomic E-state index is 0.180. The van der Waals surface area contributed by atoms with Crippen LogP contribution < -0.4 is 5.73 Å². The first kappa shape index (κ1) is 10.6. The molecular weight excluding hydrogens is 190 g/mol. The Morgan fingerprint density at radius 3 is 2.67 bits per heavy atom. The van der Waals surface area contributed by atoms with Crippen LogP contribution in [0.3, 0.4) is 0 Å². The molecule has 0 bridgehead atoms. The highest BCUT2D eigenvalue weighted by atomic mass is 16.2. The molecule has 0 spiro atoms. The second-order valence-corrected chi connectivity index (χ2v) is 4.40. The molecule has 0 atom stereocenters. The lowest BCUT2D eigenvalue weighted by molar-refractivity contribution is -0.134. The van der Waals surface area contributed by atoms with E-state index in [2.05, 4.69) is 5.10 Å². The number of amides is 1. The molecule has 2 rings (SSSR count). The number of nitrogens with two attached hydrogens (primary N) is 1. The average Bonchev–Trinajstić information content (AvgIpc) is 2.31. The number of carbonyl (C=O) groups excluding carboxylic acids is 1. The van der Waals surface area contributed by atoms with E-state index in [0.29, 0.717) is 19.0 Å². The summed E-state index contributed by atoms with van der Waals surface area (Å²) in [5.74, 6) is 0.180. The molecule has 4 nitrogen and oxygen atoms in total. The van der Waals surface area contributed by atoms with Crippen molar-refractivity contribution in [3.63, 3.8) is 0 Å². The van der Waals surface area contributed by atoms with Crippen LogP contribution in [-0.2, 0) is 4.79 Å². The first-order valence-electron chi connectivity index (χ1n) is 5.89. The van der Waals surface area contributed by atoms with Gasteiger partial charge >= 0.3 is 0 Å². The zero-order chi connectivity index (χ0) is 10.7. The molecule has 1 aliphatic carbocycles. The second-order valence-electron chi connectivity index (χ2n) is 4.40. The van der Waals surface area contributed by atoms with E-state index < -0.39 is 0 Å². The van der Waals surface area contributed by atoms with Crippen molar-refractivity contribution in [2.75, 3.05) is 6.54 Å². The van der Waals surface area contributed by atoms with E-state index in [1.807, 2.05) is 0 Å². The molecule has 2 aliphatic rings. The summed E-state index contributed by atoms with van der Waals surface area (Å²) in [5.41, 5.74) is 6.54. The molecule has 1 saturated carbocycles. The van der Waals surface area contributed by atoms with E-state index >= 15 is 0 Å². The van der Waals surface area contributed by atoms with Crippen LogP contribution in [0.1, 0.15) is 44.9 Å². The maximum Gasteiger partial charge on any atom is 0.243 e. The molecule has 0 unspecified atom stereocenters. The SMILES string of the molecule is NCC1=NN(C2CCCCC2)C(=O)CC1. The van der Waals surface area contributed by atoms with Crippen LogP contribution in [0.2, 0.25) is 0 Å². The van der Waals surface area contributed by atoms with Crippen LogP contribution >= 0.6 is 0 Å². The van der Waals surface area contributed by atoms with Crippen molar-refractivity contribution in [1.82, 2.24) is 5.01 Å². The fourth-order valence-electron chi connectivity index (χ4n) is 2.38. The van der Waals surface area contributed by atoms with Crippen LogP contribution in [-0.4, -0.2) is 29.2 Å². The van der Waals surface area contributed by atoms with Crippen LogP contribution in [0.25, 0.3) is 0 Å². The van der Waals surface area contributed by atoms with Crippen molar-refractivity contribution >= 4 is 11.6 Å². The van der Waals surface area contributed by atoms with Crippen molar-refractivity contribution in [2.24, 2.45) is 10.8 Å². The van der Waals surface area contributed by atoms with Crippen LogP contribution in [0.15, 0.2) is 5.10 Å². The van der Waals surface area contributed by atoms with Crippen LogP contribution in [0.4, 0.5) is 0 Å². The van der Waals surface area contributed by atoms with Gasteiger partial charge in [0.2, 0.25) is 5.91 Å². The summed E-state index contributed by atoms with van der Waals surface area (Å²) in [4.78, 5) is 11.7. The molecule has 84 valence electrons. The third-order valence-electron chi connectivity index (χ3n) is 3.29. The summed E-state index contributed by atoms with van der Waals surface area (Å²) in [6.45, 7) is 0.483. The highest BCUT2D eigenvalue weighted by Gasteiger charge is 2.28. The van der Waals surface area contributed by atoms with Gasteiger partial charge in [0, 0.05) is 13.0 Å². The monoisotopic (exact) mass is 209 g/mol. The Labute approximate surface area is 90.5 Å². The molecule has 0 aromatic rings. The number of hydrazone groups is 1. The van der Waals surface area contributed by atoms with E-state index in [-0.39, 0.29) is 5.91 Å². The van der Waals surface area contributed by atoms with E-state index in [4.69, 9.17) is 5.73 Å². The summed E-state index contributed by atoms with van der Waals surface area (Å²) in [6, 6.07) is 0.341. The minimum Gasteiger partial charge on any atom is -0.325 e. The fraction of sp³-hybridized carbons (Fsp3) is 0.818. The minimum atomic E-state index is 0.180. The van der Waals surface area contributed by atoms with Gasteiger partial charge in [-0.05, 0) is 19.3 Å². The lowest BCUT2D eigenvalue weighted by Crippen LogP contribution is -2.41. The Morgan fingerprint density at radius 2 is 2.00 bits per heavy atom. The predicted octanol–water partition coefficient (Wildman–Crippen LogP) is 1.26. The predicted molar refractivity (Wildman–Crippen MR) is 59.4 cm³/mol. The molecule has 15 heavy (non-hydrogen) atoms. The van der Waals surface area contributed by atoms with Crippen molar-refractivity contribution in [3.05, 3.63) is 0 Å². The largest absolute Gasteiger partial charge is 0.325 e. The summed E-state index contributed by atoms with van der Waals surface area (Å²) in [6.07, 6.45) is 7.29. The number of carbonyl (C=O) groups is 1. The number of hydrogen-bond donors (Lipinski definition) is 1. The van der Waals surface area contributed by atoms with E-state index in [0.717, 1.165) is 25.0 Å². The zero-order valence-corrected chi connectivity index (χ0v) is 9.11. The third-order valence-corrected chi connectivity index (χ3v) is 3.29. The van der Waals surface area contributed by atoms with Crippen LogP contribution in [0.5, 0.6) is 0 Å². The molecule has 1 aliphatic heterocycles. The van der Waals surface area contributed by atoms with Gasteiger partial charge in [-0.25, -0.2) is 5.01 Å². The van der Waals surface area contributed by atoms with Crippen molar-refractivity contribution < 1.29 is 4.79 Å². The molecule has 2 N–H and O–H groups in total. The number of hydrogen-bond acceptors (Lipinski definition) is 3. The molecule has 0 aromatic heterocycles. The standard InChI is InChI=1S/C11H19N3O/c12-8-9-6-7-11(15)14(13-9)10-4-2-1-3-5-10/h10H,1-8,12H2. The normalized spacial score (nSPS) is 24.2. The van der Waals surface area contributed by atoms with Gasteiger partial charge < -0.3 is 5.73 Å². The Balaban J connectivity index is 2.07. The maximum atomic E-state index is 11.7.